The van der Waals surface area contributed by atoms with Crippen LogP contribution in [0.3, 0.4) is 0 Å². The fourth-order valence-corrected chi connectivity index (χ4v) is 5.45. The molecule has 2 heterocycles. The third-order valence-corrected chi connectivity index (χ3v) is 7.45. The van der Waals surface area contributed by atoms with Gasteiger partial charge in [0.1, 0.15) is 0 Å². The van der Waals surface area contributed by atoms with Crippen LogP contribution in [0.1, 0.15) is 17.5 Å². The molecule has 1 N–H and O–H groups in total. The Kier molecular flexibility index (Phi) is 4.92. The van der Waals surface area contributed by atoms with Crippen LogP contribution < -0.4 is 5.32 Å². The van der Waals surface area contributed by atoms with Crippen molar-refractivity contribution >= 4 is 22.0 Å². The van der Waals surface area contributed by atoms with Crippen molar-refractivity contribution in [3.63, 3.8) is 0 Å². The minimum Gasteiger partial charge on any atom is -0.336 e. The fourth-order valence-electron chi connectivity index (χ4n) is 3.97. The average molecular weight is 392 g/mol. The summed E-state index contributed by atoms with van der Waals surface area (Å²) >= 11 is 0. The van der Waals surface area contributed by atoms with Crippen molar-refractivity contribution in [2.75, 3.05) is 45.8 Å². The Labute approximate surface area is 159 Å². The summed E-state index contributed by atoms with van der Waals surface area (Å²) in [6.45, 7) is 2.66. The molecule has 0 spiro atoms. The largest absolute Gasteiger partial charge is 0.336 e. The van der Waals surface area contributed by atoms with Gasteiger partial charge in [-0.3, -0.25) is 14.6 Å². The molecule has 1 aliphatic carbocycles. The molecule has 146 valence electrons. The van der Waals surface area contributed by atoms with Crippen molar-refractivity contribution < 1.29 is 18.0 Å². The van der Waals surface area contributed by atoms with E-state index in [1.54, 1.807) is 6.07 Å². The maximum Gasteiger partial charge on any atom is 0.324 e. The lowest BCUT2D eigenvalue weighted by Gasteiger charge is -2.34. The molecule has 1 aromatic rings. The van der Waals surface area contributed by atoms with E-state index >= 15 is 0 Å². The monoisotopic (exact) mass is 392 g/mol. The predicted octanol–water partition coefficient (Wildman–Crippen LogP) is 0.0334. The Bertz CT molecular complexity index is 862. The van der Waals surface area contributed by atoms with Crippen molar-refractivity contribution in [1.82, 2.24) is 19.4 Å². The first kappa shape index (κ1) is 18.4. The molecule has 3 aliphatic rings. The van der Waals surface area contributed by atoms with Gasteiger partial charge in [-0.1, -0.05) is 6.07 Å². The highest BCUT2D eigenvalue weighted by Gasteiger charge is 2.32. The molecule has 27 heavy (non-hydrogen) atoms. The number of piperazine rings is 1. The van der Waals surface area contributed by atoms with Gasteiger partial charge in [-0.2, -0.15) is 4.31 Å². The van der Waals surface area contributed by atoms with Gasteiger partial charge >= 0.3 is 6.03 Å². The number of nitrogens with zero attached hydrogens (tertiary/aromatic N) is 3. The van der Waals surface area contributed by atoms with Crippen LogP contribution >= 0.6 is 0 Å². The number of hydrogen-bond acceptors (Lipinski definition) is 5. The molecular formula is C18H24N4O4S. The Morgan fingerprint density at radius 3 is 2.48 bits per heavy atom. The molecule has 2 saturated heterocycles. The molecule has 9 heteroatoms. The average Bonchev–Trinajstić information content (AvgIpc) is 3.30. The Hall–Kier alpha value is -1.97. The van der Waals surface area contributed by atoms with Gasteiger partial charge in [-0.15, -0.1) is 0 Å². The van der Waals surface area contributed by atoms with Gasteiger partial charge in [0.05, 0.1) is 11.4 Å². The van der Waals surface area contributed by atoms with E-state index in [1.807, 2.05) is 17.0 Å². The predicted molar refractivity (Wildman–Crippen MR) is 98.8 cm³/mol. The molecule has 2 aliphatic heterocycles. The second kappa shape index (κ2) is 7.21. The van der Waals surface area contributed by atoms with Crippen molar-refractivity contribution in [2.24, 2.45) is 0 Å². The molecule has 0 atom stereocenters. The maximum absolute atomic E-state index is 12.9. The fraction of sp³-hybridized carbons (Fsp3) is 0.556. The van der Waals surface area contributed by atoms with E-state index in [9.17, 15) is 18.0 Å². The molecule has 0 aromatic heterocycles. The highest BCUT2D eigenvalue weighted by molar-refractivity contribution is 7.89. The number of carbonyl (C=O) groups is 2. The summed E-state index contributed by atoms with van der Waals surface area (Å²) in [7, 11) is -3.51. The first-order chi connectivity index (χ1) is 12.9. The van der Waals surface area contributed by atoms with Gasteiger partial charge < -0.3 is 5.32 Å². The summed E-state index contributed by atoms with van der Waals surface area (Å²) < 4.78 is 27.4. The third kappa shape index (κ3) is 3.59. The minimum atomic E-state index is -3.51. The van der Waals surface area contributed by atoms with Gasteiger partial charge in [0.25, 0.3) is 0 Å². The number of hydrogen-bond donors (Lipinski definition) is 1. The maximum atomic E-state index is 12.9. The van der Waals surface area contributed by atoms with E-state index in [2.05, 4.69) is 5.32 Å². The number of rotatable bonds is 4. The van der Waals surface area contributed by atoms with E-state index in [1.165, 1.54) is 14.8 Å². The summed E-state index contributed by atoms with van der Waals surface area (Å²) in [6, 6.07) is 5.12. The number of fused-ring (bicyclic) bond motifs is 1. The first-order valence-corrected chi connectivity index (χ1v) is 10.8. The van der Waals surface area contributed by atoms with Crippen LogP contribution in [0.4, 0.5) is 4.79 Å². The van der Waals surface area contributed by atoms with Crippen molar-refractivity contribution in [1.29, 1.82) is 0 Å². The molecule has 8 nitrogen and oxygen atoms in total. The zero-order valence-corrected chi connectivity index (χ0v) is 16.0. The zero-order valence-electron chi connectivity index (χ0n) is 15.2. The SMILES string of the molecule is O=C(CN1CCN(S(=O)(=O)c2ccc3c(c2)CCC3)CC1)N1CCNC1=O. The summed E-state index contributed by atoms with van der Waals surface area (Å²) in [4.78, 5) is 27.3. The van der Waals surface area contributed by atoms with Gasteiger partial charge in [0, 0.05) is 39.3 Å². The molecule has 3 amide bonds. The van der Waals surface area contributed by atoms with Gasteiger partial charge in [-0.05, 0) is 42.5 Å². The summed E-state index contributed by atoms with van der Waals surface area (Å²) in [6.07, 6.45) is 3.05. The van der Waals surface area contributed by atoms with Crippen LogP contribution in [0.2, 0.25) is 0 Å². The van der Waals surface area contributed by atoms with Crippen LogP contribution in [-0.2, 0) is 27.7 Å². The normalized spacial score (nSPS) is 21.3. The van der Waals surface area contributed by atoms with Gasteiger partial charge in [0.2, 0.25) is 15.9 Å². The highest BCUT2D eigenvalue weighted by atomic mass is 32.2. The number of carbonyl (C=O) groups excluding carboxylic acids is 2. The summed E-state index contributed by atoms with van der Waals surface area (Å²) in [5.41, 5.74) is 2.40. The van der Waals surface area contributed by atoms with E-state index in [-0.39, 0.29) is 18.5 Å². The van der Waals surface area contributed by atoms with Crippen LogP contribution in [0.15, 0.2) is 23.1 Å². The molecule has 2 fully saturated rings. The Morgan fingerprint density at radius 2 is 1.78 bits per heavy atom. The second-order valence-electron chi connectivity index (χ2n) is 7.24. The molecule has 0 radical (unpaired) electrons. The third-order valence-electron chi connectivity index (χ3n) is 5.56. The highest BCUT2D eigenvalue weighted by Crippen LogP contribution is 2.26. The van der Waals surface area contributed by atoms with Crippen LogP contribution in [0.25, 0.3) is 0 Å². The number of nitrogens with one attached hydrogen (secondary N) is 1. The number of aryl methyl sites for hydroxylation is 2. The number of imide groups is 1. The quantitative estimate of drug-likeness (QED) is 0.781. The number of sulfonamides is 1. The smallest absolute Gasteiger partial charge is 0.324 e. The van der Waals surface area contributed by atoms with Crippen LogP contribution in [0.5, 0.6) is 0 Å². The number of urea groups is 1. The van der Waals surface area contributed by atoms with Crippen molar-refractivity contribution in [3.05, 3.63) is 29.3 Å². The molecule has 1 aromatic carbocycles. The summed E-state index contributed by atoms with van der Waals surface area (Å²) in [5.74, 6) is -0.236. The second-order valence-corrected chi connectivity index (χ2v) is 9.18. The number of amides is 3. The van der Waals surface area contributed by atoms with Gasteiger partial charge in [-0.25, -0.2) is 13.2 Å². The Morgan fingerprint density at radius 1 is 1.04 bits per heavy atom. The lowest BCUT2D eigenvalue weighted by atomic mass is 10.1. The molecule has 4 rings (SSSR count). The van der Waals surface area contributed by atoms with Crippen LogP contribution in [0, 0.1) is 0 Å². The van der Waals surface area contributed by atoms with E-state index in [0.29, 0.717) is 44.2 Å². The van der Waals surface area contributed by atoms with Crippen LogP contribution in [-0.4, -0.2) is 80.3 Å². The Balaban J connectivity index is 1.37. The minimum absolute atomic E-state index is 0.139. The van der Waals surface area contributed by atoms with E-state index in [0.717, 1.165) is 24.8 Å². The van der Waals surface area contributed by atoms with Crippen molar-refractivity contribution in [3.8, 4) is 0 Å². The molecule has 0 bridgehead atoms. The lowest BCUT2D eigenvalue weighted by molar-refractivity contribution is -0.129. The topological polar surface area (TPSA) is 90.0 Å². The number of benzene rings is 1. The molecule has 0 unspecified atom stereocenters. The van der Waals surface area contributed by atoms with Crippen molar-refractivity contribution in [2.45, 2.75) is 24.2 Å². The molecular weight excluding hydrogens is 368 g/mol. The first-order valence-electron chi connectivity index (χ1n) is 9.38. The molecule has 0 saturated carbocycles. The zero-order chi connectivity index (χ0) is 19.0. The van der Waals surface area contributed by atoms with E-state index < -0.39 is 10.0 Å². The van der Waals surface area contributed by atoms with Gasteiger partial charge in [0.15, 0.2) is 0 Å². The summed E-state index contributed by atoms with van der Waals surface area (Å²) in [5, 5.41) is 2.61. The standard InChI is InChI=1S/C18H24N4O4S/c23-17(22-7-6-19-18(22)24)13-20-8-10-21(11-9-20)27(25,26)16-5-4-14-2-1-3-15(14)12-16/h4-5,12H,1-3,6-11,13H2,(H,19,24). The lowest BCUT2D eigenvalue weighted by Crippen LogP contribution is -2.51. The van der Waals surface area contributed by atoms with E-state index in [4.69, 9.17) is 0 Å².